The first-order chi connectivity index (χ1) is 31.8. The van der Waals surface area contributed by atoms with E-state index in [1.165, 1.54) is 29.8 Å². The van der Waals surface area contributed by atoms with Crippen LogP contribution in [0.3, 0.4) is 0 Å². The molecule has 2 aromatic rings. The van der Waals surface area contributed by atoms with Crippen LogP contribution < -0.4 is 0 Å². The van der Waals surface area contributed by atoms with Crippen LogP contribution in [0.5, 0.6) is 0 Å². The molecule has 0 radical (unpaired) electrons. The summed E-state index contributed by atoms with van der Waals surface area (Å²) in [4.78, 5) is 56.4. The van der Waals surface area contributed by atoms with Crippen LogP contribution in [-0.4, -0.2) is 66.9 Å². The van der Waals surface area contributed by atoms with Crippen LogP contribution in [0.4, 0.5) is 0 Å². The molecule has 1 heterocycles. The summed E-state index contributed by atoms with van der Waals surface area (Å²) in [5.41, 5.74) is 4.90. The second kappa shape index (κ2) is 25.4. The number of phosphoric acid groups is 1. The quantitative estimate of drug-likeness (QED) is 0.0315. The average molecular weight is 932 g/mol. The van der Waals surface area contributed by atoms with E-state index in [-0.39, 0.29) is 24.1 Å². The van der Waals surface area contributed by atoms with Gasteiger partial charge in [-0.25, -0.2) is 25.5 Å². The van der Waals surface area contributed by atoms with E-state index >= 15 is 0 Å². The van der Waals surface area contributed by atoms with Crippen LogP contribution >= 0.6 is 7.82 Å². The molecule has 67 heavy (non-hydrogen) atoms. The van der Waals surface area contributed by atoms with Crippen LogP contribution in [0, 0.1) is 12.0 Å². The third-order valence-corrected chi connectivity index (χ3v) is 11.6. The summed E-state index contributed by atoms with van der Waals surface area (Å²) < 4.78 is 47.3. The number of nitrogens with zero attached hydrogens (tertiary/aromatic N) is 1. The topological polar surface area (TPSA) is 165 Å². The molecule has 2 aromatic carbocycles. The third-order valence-electron chi connectivity index (χ3n) is 10.1. The molecule has 1 aliphatic carbocycles. The van der Waals surface area contributed by atoms with Crippen molar-refractivity contribution in [1.82, 2.24) is 0 Å². The Balaban J connectivity index is 1.49. The molecule has 4 atom stereocenters. The van der Waals surface area contributed by atoms with Gasteiger partial charge in [-0.2, -0.15) is 0 Å². The summed E-state index contributed by atoms with van der Waals surface area (Å²) >= 11 is 0. The highest BCUT2D eigenvalue weighted by molar-refractivity contribution is 7.48. The number of benzene rings is 2. The van der Waals surface area contributed by atoms with Crippen LogP contribution in [-0.2, 0) is 41.9 Å². The zero-order valence-electron chi connectivity index (χ0n) is 39.1. The van der Waals surface area contributed by atoms with Crippen molar-refractivity contribution >= 4 is 31.5 Å². The average Bonchev–Trinajstić information content (AvgIpc) is 3.59. The van der Waals surface area contributed by atoms with E-state index in [2.05, 4.69) is 30.8 Å². The first-order valence-electron chi connectivity index (χ1n) is 21.5. The molecular formula is C53H58NO12P. The Bertz CT molecular complexity index is 2540. The number of phosphoric ester groups is 1. The minimum absolute atomic E-state index is 0.0598. The van der Waals surface area contributed by atoms with Gasteiger partial charge in [-0.15, -0.1) is 0 Å². The molecule has 1 N–H and O–H groups in total. The largest absolute Gasteiger partial charge is 0.475 e. The molecule has 2 unspecified atom stereocenters. The number of hydrogen-bond donors (Lipinski definition) is 1. The van der Waals surface area contributed by atoms with E-state index in [1.54, 1.807) is 43.3 Å². The van der Waals surface area contributed by atoms with Crippen molar-refractivity contribution in [2.75, 3.05) is 19.8 Å². The monoisotopic (exact) mass is 931 g/mol. The lowest BCUT2D eigenvalue weighted by molar-refractivity contribution is -0.148. The number of Topliss-reactive ketones (excluding diaryl/α,β-unsaturated/α-hetero) is 1. The Labute approximate surface area is 393 Å². The van der Waals surface area contributed by atoms with Crippen LogP contribution in [0.1, 0.15) is 82.5 Å². The van der Waals surface area contributed by atoms with Gasteiger partial charge in [0.2, 0.25) is 12.3 Å². The minimum atomic E-state index is -4.76. The fourth-order valence-electron chi connectivity index (χ4n) is 6.59. The zero-order valence-corrected chi connectivity index (χ0v) is 40.0. The highest BCUT2D eigenvalue weighted by atomic mass is 31.2. The van der Waals surface area contributed by atoms with Gasteiger partial charge in [-0.3, -0.25) is 18.4 Å². The Morgan fingerprint density at radius 3 is 1.93 bits per heavy atom. The molecule has 1 aliphatic heterocycles. The number of hydrogen-bond acceptors (Lipinski definition) is 12. The number of allylic oxidation sites excluding steroid dienone is 17. The number of cyclic esters (lactones) is 1. The molecule has 0 aromatic heterocycles. The smallest absolute Gasteiger partial charge is 0.445 e. The summed E-state index contributed by atoms with van der Waals surface area (Å²) in [6.45, 7) is 21.1. The molecule has 352 valence electrons. The lowest BCUT2D eigenvalue weighted by Gasteiger charge is -2.37. The summed E-state index contributed by atoms with van der Waals surface area (Å²) in [6, 6.07) is 15.4. The number of esters is 3. The van der Waals surface area contributed by atoms with E-state index in [4.69, 9.17) is 34.4 Å². The van der Waals surface area contributed by atoms with Gasteiger partial charge in [0.05, 0.1) is 17.7 Å². The van der Waals surface area contributed by atoms with Crippen molar-refractivity contribution in [2.24, 2.45) is 5.41 Å². The van der Waals surface area contributed by atoms with Gasteiger partial charge in [0.25, 0.3) is 5.76 Å². The van der Waals surface area contributed by atoms with E-state index in [0.717, 1.165) is 22.3 Å². The van der Waals surface area contributed by atoms with Gasteiger partial charge in [0.1, 0.15) is 18.8 Å². The molecule has 4 rings (SSSR count). The predicted octanol–water partition coefficient (Wildman–Crippen LogP) is 11.0. The number of ether oxygens (including phenoxy) is 3. The molecule has 0 saturated heterocycles. The zero-order chi connectivity index (χ0) is 49.1. The molecule has 0 bridgehead atoms. The molecule has 14 heteroatoms. The Morgan fingerprint density at radius 1 is 0.821 bits per heavy atom. The standard InChI is InChI=1S/C53H58NO12P/c1-36(2)20-18-23-37(3)21-16-17-22-38(4)24-19-25-39(5)30-31-43-40(6)46(56)45(34-53(43,7)8)66-67(60,61-33-32-54-9)62-35-44(55)47-48(64-50(57)41-26-12-10-13-27-41)49(52(59)63-47)65-51(58)42-28-14-11-15-29-42/h10-31,44-45,47,55H,32-35H2,1-8H3/t44-,45?,47+,67?/m0/s1. The van der Waals surface area contributed by atoms with Crippen molar-refractivity contribution in [3.05, 3.63) is 201 Å². The van der Waals surface area contributed by atoms with Crippen LogP contribution in [0.25, 0.3) is 4.85 Å². The van der Waals surface area contributed by atoms with Crippen molar-refractivity contribution in [3.8, 4) is 0 Å². The lowest BCUT2D eigenvalue weighted by atomic mass is 9.71. The number of ketones is 1. The number of carbonyl (C=O) groups is 4. The van der Waals surface area contributed by atoms with Gasteiger partial charge in [0, 0.05) is 0 Å². The highest BCUT2D eigenvalue weighted by Gasteiger charge is 2.47. The summed E-state index contributed by atoms with van der Waals surface area (Å²) in [5.74, 6) is -5.11. The normalized spacial score (nSPS) is 19.6. The van der Waals surface area contributed by atoms with Crippen molar-refractivity contribution in [3.63, 3.8) is 0 Å². The molecule has 0 amide bonds. The van der Waals surface area contributed by atoms with Gasteiger partial charge >= 0.3 is 25.7 Å². The second-order valence-electron chi connectivity index (χ2n) is 16.6. The fraction of sp³-hybridized carbons (Fsp3) is 0.302. The lowest BCUT2D eigenvalue weighted by Crippen LogP contribution is -2.38. The van der Waals surface area contributed by atoms with Gasteiger partial charge in [-0.05, 0) is 88.8 Å². The van der Waals surface area contributed by atoms with E-state index in [1.807, 2.05) is 95.4 Å². The number of aliphatic hydroxyl groups excluding tert-OH is 1. The molecule has 2 aliphatic rings. The molecular weight excluding hydrogens is 874 g/mol. The maximum atomic E-state index is 14.2. The summed E-state index contributed by atoms with van der Waals surface area (Å²) in [6.07, 6.45) is 18.8. The molecule has 0 fully saturated rings. The molecule has 0 saturated carbocycles. The van der Waals surface area contributed by atoms with Gasteiger partial charge in [0.15, 0.2) is 11.9 Å². The second-order valence-corrected chi connectivity index (χ2v) is 18.2. The van der Waals surface area contributed by atoms with E-state index in [0.29, 0.717) is 5.57 Å². The molecule has 0 spiro atoms. The Morgan fingerprint density at radius 2 is 1.36 bits per heavy atom. The molecule has 13 nitrogen and oxygen atoms in total. The van der Waals surface area contributed by atoms with Crippen molar-refractivity contribution in [1.29, 1.82) is 0 Å². The number of carbonyl (C=O) groups excluding carboxylic acids is 4. The summed E-state index contributed by atoms with van der Waals surface area (Å²) in [7, 11) is -4.76. The SMILES string of the molecule is [C-]#[N+]CCOP(=O)(OC[C@H](O)[C@H]1OC(=O)C(OC(=O)c2ccccc2)=C1OC(=O)c1ccccc1)OC1CC(C)(C)C(C=CC(C)=CC=CC(C)=CC=CC=C(C)C=CC=C(C)C)=C(C)C1=O. The predicted molar refractivity (Wildman–Crippen MR) is 256 cm³/mol. The Kier molecular flexibility index (Phi) is 20.1. The fourth-order valence-corrected chi connectivity index (χ4v) is 7.91. The van der Waals surface area contributed by atoms with Gasteiger partial charge < -0.3 is 24.2 Å². The Hall–Kier alpha value is -6.52. The highest BCUT2D eigenvalue weighted by Crippen LogP contribution is 2.54. The third kappa shape index (κ3) is 16.4. The van der Waals surface area contributed by atoms with Crippen LogP contribution in [0.15, 0.2) is 179 Å². The minimum Gasteiger partial charge on any atom is -0.445 e. The number of aliphatic hydroxyl groups is 1. The first-order valence-corrected chi connectivity index (χ1v) is 23.0. The van der Waals surface area contributed by atoms with E-state index in [9.17, 15) is 28.8 Å². The van der Waals surface area contributed by atoms with Crippen LogP contribution in [0.2, 0.25) is 0 Å². The van der Waals surface area contributed by atoms with Crippen molar-refractivity contribution < 1.29 is 56.6 Å². The van der Waals surface area contributed by atoms with E-state index < -0.39 is 80.0 Å². The number of rotatable bonds is 21. The van der Waals surface area contributed by atoms with Crippen molar-refractivity contribution in [2.45, 2.75) is 80.1 Å². The first kappa shape index (κ1) is 53.1. The maximum absolute atomic E-state index is 14.2. The maximum Gasteiger partial charge on any atom is 0.475 e. The van der Waals surface area contributed by atoms with Gasteiger partial charge in [-0.1, -0.05) is 145 Å². The summed E-state index contributed by atoms with van der Waals surface area (Å²) in [5, 5.41) is 11.4.